The largest absolute Gasteiger partial charge is 0.370 e. The first-order chi connectivity index (χ1) is 13.2. The molecule has 0 atom stereocenters. The number of benzene rings is 1. The second kappa shape index (κ2) is 9.64. The molecule has 27 heavy (non-hydrogen) atoms. The van der Waals surface area contributed by atoms with Crippen molar-refractivity contribution in [3.8, 4) is 11.3 Å². The van der Waals surface area contributed by atoms with E-state index in [0.29, 0.717) is 12.5 Å². The molecule has 6 heteroatoms. The van der Waals surface area contributed by atoms with Crippen LogP contribution in [0.3, 0.4) is 0 Å². The Morgan fingerprint density at radius 1 is 0.926 bits per heavy atom. The first-order valence-electron chi connectivity index (χ1n) is 9.16. The normalized spacial score (nSPS) is 10.8. The molecule has 0 aliphatic carbocycles. The van der Waals surface area contributed by atoms with Gasteiger partial charge >= 0.3 is 0 Å². The van der Waals surface area contributed by atoms with Crippen molar-refractivity contribution in [3.05, 3.63) is 66.5 Å². The lowest BCUT2D eigenvalue weighted by Crippen LogP contribution is -2.17. The molecule has 140 valence electrons. The number of hydrogen-bond acceptors (Lipinski definition) is 6. The maximum Gasteiger partial charge on any atom is 0.225 e. The van der Waals surface area contributed by atoms with Crippen LogP contribution in [0, 0.1) is 0 Å². The fraction of sp³-hybridized carbons (Fsp3) is 0.286. The minimum absolute atomic E-state index is 0.614. The summed E-state index contributed by atoms with van der Waals surface area (Å²) < 4.78 is 0. The molecule has 0 fully saturated rings. The lowest BCUT2D eigenvalue weighted by atomic mass is 10.1. The van der Waals surface area contributed by atoms with Gasteiger partial charge in [0.15, 0.2) is 0 Å². The molecule has 0 saturated heterocycles. The van der Waals surface area contributed by atoms with Gasteiger partial charge in [0.1, 0.15) is 5.82 Å². The fourth-order valence-corrected chi connectivity index (χ4v) is 2.67. The zero-order chi connectivity index (χ0) is 18.9. The van der Waals surface area contributed by atoms with Gasteiger partial charge in [-0.2, -0.15) is 4.98 Å². The average Bonchev–Trinajstić information content (AvgIpc) is 2.71. The molecule has 0 aliphatic heterocycles. The monoisotopic (exact) mass is 362 g/mol. The number of pyridine rings is 1. The lowest BCUT2D eigenvalue weighted by molar-refractivity contribution is 0.405. The summed E-state index contributed by atoms with van der Waals surface area (Å²) in [6, 6.07) is 16.1. The molecule has 0 bridgehead atoms. The van der Waals surface area contributed by atoms with Crippen LogP contribution in [0.5, 0.6) is 0 Å². The van der Waals surface area contributed by atoms with Crippen molar-refractivity contribution >= 4 is 11.8 Å². The second-order valence-electron chi connectivity index (χ2n) is 6.62. The highest BCUT2D eigenvalue weighted by Gasteiger charge is 2.07. The van der Waals surface area contributed by atoms with Crippen LogP contribution in [0.15, 0.2) is 60.9 Å². The minimum Gasteiger partial charge on any atom is -0.370 e. The lowest BCUT2D eigenvalue weighted by Gasteiger charge is -2.13. The van der Waals surface area contributed by atoms with Crippen LogP contribution in [-0.2, 0) is 6.54 Å². The molecule has 3 rings (SSSR count). The molecular formula is C21H26N6. The number of aromatic nitrogens is 3. The maximum absolute atomic E-state index is 4.69. The maximum atomic E-state index is 4.69. The molecule has 3 aromatic rings. The first-order valence-corrected chi connectivity index (χ1v) is 9.16. The van der Waals surface area contributed by atoms with Crippen LogP contribution >= 0.6 is 0 Å². The summed E-state index contributed by atoms with van der Waals surface area (Å²) in [7, 11) is 4.17. The molecule has 1 aromatic carbocycles. The van der Waals surface area contributed by atoms with Gasteiger partial charge in [-0.05, 0) is 44.8 Å². The molecule has 0 aliphatic rings. The SMILES string of the molecule is CN(C)CCCNc1cc(-c2ccccc2)nc(NCc2ccncc2)n1. The van der Waals surface area contributed by atoms with E-state index in [1.54, 1.807) is 12.4 Å². The Kier molecular flexibility index (Phi) is 6.71. The first kappa shape index (κ1) is 18.8. The molecule has 0 amide bonds. The van der Waals surface area contributed by atoms with Gasteiger partial charge in [-0.1, -0.05) is 30.3 Å². The summed E-state index contributed by atoms with van der Waals surface area (Å²) in [5, 5.41) is 6.74. The number of rotatable bonds is 9. The van der Waals surface area contributed by atoms with Gasteiger partial charge in [-0.25, -0.2) is 4.98 Å². The zero-order valence-corrected chi connectivity index (χ0v) is 15.9. The average molecular weight is 362 g/mol. The van der Waals surface area contributed by atoms with E-state index in [1.165, 1.54) is 0 Å². The van der Waals surface area contributed by atoms with E-state index < -0.39 is 0 Å². The summed E-state index contributed by atoms with van der Waals surface area (Å²) in [6.45, 7) is 2.56. The van der Waals surface area contributed by atoms with Gasteiger partial charge in [0.25, 0.3) is 0 Å². The van der Waals surface area contributed by atoms with Crippen LogP contribution in [0.4, 0.5) is 11.8 Å². The number of hydrogen-bond donors (Lipinski definition) is 2. The van der Waals surface area contributed by atoms with Gasteiger partial charge in [-0.15, -0.1) is 0 Å². The molecule has 0 radical (unpaired) electrons. The van der Waals surface area contributed by atoms with Gasteiger partial charge < -0.3 is 15.5 Å². The molecule has 0 spiro atoms. The molecule has 0 unspecified atom stereocenters. The van der Waals surface area contributed by atoms with Crippen molar-refractivity contribution in [2.45, 2.75) is 13.0 Å². The molecular weight excluding hydrogens is 336 g/mol. The quantitative estimate of drug-likeness (QED) is 0.568. The van der Waals surface area contributed by atoms with Crippen molar-refractivity contribution in [2.24, 2.45) is 0 Å². The molecule has 2 aromatic heterocycles. The Bertz CT molecular complexity index is 821. The van der Waals surface area contributed by atoms with E-state index in [4.69, 9.17) is 0 Å². The summed E-state index contributed by atoms with van der Waals surface area (Å²) in [6.07, 6.45) is 4.63. The molecule has 6 nitrogen and oxygen atoms in total. The Morgan fingerprint density at radius 3 is 2.44 bits per heavy atom. The van der Waals surface area contributed by atoms with E-state index in [2.05, 4.69) is 56.7 Å². The van der Waals surface area contributed by atoms with E-state index in [-0.39, 0.29) is 0 Å². The van der Waals surface area contributed by atoms with E-state index in [9.17, 15) is 0 Å². The summed E-state index contributed by atoms with van der Waals surface area (Å²) >= 11 is 0. The van der Waals surface area contributed by atoms with Crippen molar-refractivity contribution in [2.75, 3.05) is 37.8 Å². The third-order valence-corrected chi connectivity index (χ3v) is 4.08. The highest BCUT2D eigenvalue weighted by Crippen LogP contribution is 2.21. The van der Waals surface area contributed by atoms with Gasteiger partial charge in [0, 0.05) is 37.1 Å². The number of nitrogens with one attached hydrogen (secondary N) is 2. The smallest absolute Gasteiger partial charge is 0.225 e. The van der Waals surface area contributed by atoms with Crippen LogP contribution in [0.1, 0.15) is 12.0 Å². The highest BCUT2D eigenvalue weighted by atomic mass is 15.1. The minimum atomic E-state index is 0.614. The Morgan fingerprint density at radius 2 is 1.70 bits per heavy atom. The molecule has 2 N–H and O–H groups in total. The Labute approximate surface area is 160 Å². The van der Waals surface area contributed by atoms with Crippen molar-refractivity contribution in [1.29, 1.82) is 0 Å². The van der Waals surface area contributed by atoms with Crippen molar-refractivity contribution in [1.82, 2.24) is 19.9 Å². The third-order valence-electron chi connectivity index (χ3n) is 4.08. The van der Waals surface area contributed by atoms with Gasteiger partial charge in [0.05, 0.1) is 5.69 Å². The van der Waals surface area contributed by atoms with Crippen LogP contribution in [0.2, 0.25) is 0 Å². The highest BCUT2D eigenvalue weighted by molar-refractivity contribution is 5.64. The Balaban J connectivity index is 1.75. The standard InChI is InChI=1S/C21H26N6/c1-27(2)14-6-11-23-20-15-19(18-7-4-3-5-8-18)25-21(26-20)24-16-17-9-12-22-13-10-17/h3-5,7-10,12-13,15H,6,11,14,16H2,1-2H3,(H2,23,24,25,26). The van der Waals surface area contributed by atoms with Crippen molar-refractivity contribution < 1.29 is 0 Å². The third kappa shape index (κ3) is 6.04. The molecule has 0 saturated carbocycles. The zero-order valence-electron chi connectivity index (χ0n) is 15.9. The number of nitrogens with zero attached hydrogens (tertiary/aromatic N) is 4. The predicted octanol–water partition coefficient (Wildman–Crippen LogP) is 3.51. The molecule has 2 heterocycles. The van der Waals surface area contributed by atoms with Gasteiger partial charge in [-0.3, -0.25) is 4.98 Å². The second-order valence-corrected chi connectivity index (χ2v) is 6.62. The summed E-state index contributed by atoms with van der Waals surface area (Å²) in [5.74, 6) is 1.45. The van der Waals surface area contributed by atoms with E-state index in [1.807, 2.05) is 36.4 Å². The fourth-order valence-electron chi connectivity index (χ4n) is 2.67. The Hall–Kier alpha value is -2.99. The van der Waals surface area contributed by atoms with E-state index >= 15 is 0 Å². The topological polar surface area (TPSA) is 66.0 Å². The van der Waals surface area contributed by atoms with Crippen molar-refractivity contribution in [3.63, 3.8) is 0 Å². The predicted molar refractivity (Wildman–Crippen MR) is 111 cm³/mol. The van der Waals surface area contributed by atoms with Crippen LogP contribution in [0.25, 0.3) is 11.3 Å². The van der Waals surface area contributed by atoms with Gasteiger partial charge in [0.2, 0.25) is 5.95 Å². The summed E-state index contributed by atoms with van der Waals surface area (Å²) in [4.78, 5) is 15.5. The number of anilines is 2. The van der Waals surface area contributed by atoms with Crippen LogP contribution < -0.4 is 10.6 Å². The van der Waals surface area contributed by atoms with E-state index in [0.717, 1.165) is 42.1 Å². The van der Waals surface area contributed by atoms with Crippen LogP contribution in [-0.4, -0.2) is 47.0 Å². The summed E-state index contributed by atoms with van der Waals surface area (Å²) in [5.41, 5.74) is 3.11.